The number of carbonyl (C=O) groups is 1. The number of methoxy groups -OCH3 is 1. The zero-order chi connectivity index (χ0) is 20.7. The van der Waals surface area contributed by atoms with Gasteiger partial charge in [0.25, 0.3) is 0 Å². The number of ether oxygens (including phenoxy) is 2. The Morgan fingerprint density at radius 1 is 1.18 bits per heavy atom. The first-order valence-electron chi connectivity index (χ1n) is 10.6. The van der Waals surface area contributed by atoms with Gasteiger partial charge in [0, 0.05) is 38.2 Å². The van der Waals surface area contributed by atoms with E-state index in [9.17, 15) is 4.79 Å². The molecule has 1 aliphatic rings. The Kier molecular flexibility index (Phi) is 8.77. The second-order valence-electron chi connectivity index (χ2n) is 8.05. The molecule has 2 rings (SSSR count). The second kappa shape index (κ2) is 10.8. The average Bonchev–Trinajstić information content (AvgIpc) is 2.70. The molecule has 1 fully saturated rings. The number of carbonyl (C=O) groups excluding carboxylic acids is 1. The van der Waals surface area contributed by atoms with Crippen LogP contribution in [0.3, 0.4) is 0 Å². The van der Waals surface area contributed by atoms with E-state index in [-0.39, 0.29) is 11.8 Å². The number of nitrogens with zero attached hydrogens (tertiary/aromatic N) is 1. The average molecular weight is 391 g/mol. The van der Waals surface area contributed by atoms with Crippen molar-refractivity contribution < 1.29 is 14.3 Å². The Morgan fingerprint density at radius 3 is 2.46 bits per heavy atom. The minimum atomic E-state index is 0.104. The topological polar surface area (TPSA) is 50.8 Å². The molecule has 1 N–H and O–H groups in total. The van der Waals surface area contributed by atoms with E-state index in [2.05, 4.69) is 50.0 Å². The molecule has 2 atom stereocenters. The third kappa shape index (κ3) is 5.71. The highest BCUT2D eigenvalue weighted by molar-refractivity contribution is 5.78. The molecular weight excluding hydrogens is 352 g/mol. The van der Waals surface area contributed by atoms with Crippen molar-refractivity contribution >= 4 is 5.91 Å². The van der Waals surface area contributed by atoms with Crippen LogP contribution in [0.25, 0.3) is 0 Å². The molecule has 0 spiro atoms. The first kappa shape index (κ1) is 22.7. The van der Waals surface area contributed by atoms with Gasteiger partial charge in [-0.25, -0.2) is 0 Å². The number of hydrogen-bond acceptors (Lipinski definition) is 4. The second-order valence-corrected chi connectivity index (χ2v) is 8.05. The van der Waals surface area contributed by atoms with E-state index in [0.717, 1.165) is 38.1 Å². The van der Waals surface area contributed by atoms with Crippen LogP contribution in [0, 0.1) is 19.8 Å². The summed E-state index contributed by atoms with van der Waals surface area (Å²) in [7, 11) is 1.69. The molecule has 0 bridgehead atoms. The molecule has 0 aliphatic carbocycles. The van der Waals surface area contributed by atoms with Crippen molar-refractivity contribution in [2.45, 2.75) is 66.0 Å². The first-order chi connectivity index (χ1) is 13.4. The molecule has 1 aliphatic heterocycles. The summed E-state index contributed by atoms with van der Waals surface area (Å²) in [5.74, 6) is 1.24. The van der Waals surface area contributed by atoms with E-state index in [0.29, 0.717) is 25.3 Å². The number of likely N-dealkylation sites (tertiary alicyclic amines) is 1. The molecule has 5 heteroatoms. The van der Waals surface area contributed by atoms with E-state index in [1.165, 1.54) is 16.7 Å². The lowest BCUT2D eigenvalue weighted by Gasteiger charge is -2.37. The van der Waals surface area contributed by atoms with E-state index in [1.807, 2.05) is 6.92 Å². The fraction of sp³-hybridized carbons (Fsp3) is 0.696. The van der Waals surface area contributed by atoms with Gasteiger partial charge in [0.1, 0.15) is 12.4 Å². The van der Waals surface area contributed by atoms with Crippen molar-refractivity contribution in [1.29, 1.82) is 0 Å². The van der Waals surface area contributed by atoms with Crippen LogP contribution in [0.15, 0.2) is 12.1 Å². The van der Waals surface area contributed by atoms with Crippen molar-refractivity contribution in [3.05, 3.63) is 28.8 Å². The van der Waals surface area contributed by atoms with E-state index >= 15 is 0 Å². The Bertz CT molecular complexity index is 639. The lowest BCUT2D eigenvalue weighted by molar-refractivity contribution is -0.125. The summed E-state index contributed by atoms with van der Waals surface area (Å²) >= 11 is 0. The number of piperidine rings is 1. The monoisotopic (exact) mass is 390 g/mol. The summed E-state index contributed by atoms with van der Waals surface area (Å²) in [4.78, 5) is 14.7. The largest absolute Gasteiger partial charge is 0.491 e. The quantitative estimate of drug-likeness (QED) is 0.647. The van der Waals surface area contributed by atoms with Crippen LogP contribution in [0.5, 0.6) is 5.75 Å². The Morgan fingerprint density at radius 2 is 1.86 bits per heavy atom. The summed E-state index contributed by atoms with van der Waals surface area (Å²) in [6.07, 6.45) is 2.93. The molecule has 0 saturated carbocycles. The van der Waals surface area contributed by atoms with Gasteiger partial charge in [0.15, 0.2) is 0 Å². The van der Waals surface area contributed by atoms with Gasteiger partial charge >= 0.3 is 0 Å². The molecule has 1 heterocycles. The maximum atomic E-state index is 12.1. The number of nitrogens with one attached hydrogen (secondary N) is 1. The Hall–Kier alpha value is -1.59. The summed E-state index contributed by atoms with van der Waals surface area (Å²) < 4.78 is 10.9. The Labute approximate surface area is 170 Å². The van der Waals surface area contributed by atoms with Crippen molar-refractivity contribution in [3.8, 4) is 5.75 Å². The maximum Gasteiger partial charge on any atom is 0.223 e. The van der Waals surface area contributed by atoms with E-state index in [4.69, 9.17) is 9.47 Å². The van der Waals surface area contributed by atoms with Crippen LogP contribution in [-0.4, -0.2) is 50.3 Å². The summed E-state index contributed by atoms with van der Waals surface area (Å²) in [5, 5.41) is 3.23. The van der Waals surface area contributed by atoms with Gasteiger partial charge in [-0.1, -0.05) is 19.9 Å². The third-order valence-corrected chi connectivity index (χ3v) is 6.26. The predicted octanol–water partition coefficient (Wildman–Crippen LogP) is 4.02. The molecule has 2 unspecified atom stereocenters. The van der Waals surface area contributed by atoms with E-state index in [1.54, 1.807) is 7.11 Å². The molecule has 0 radical (unpaired) electrons. The fourth-order valence-corrected chi connectivity index (χ4v) is 3.82. The van der Waals surface area contributed by atoms with Gasteiger partial charge in [0.2, 0.25) is 5.91 Å². The molecule has 28 heavy (non-hydrogen) atoms. The molecule has 0 aromatic heterocycles. The van der Waals surface area contributed by atoms with Gasteiger partial charge in [0.05, 0.1) is 6.61 Å². The normalized spacial score (nSPS) is 17.9. The number of rotatable bonds is 9. The molecule has 5 nitrogen and oxygen atoms in total. The Balaban J connectivity index is 1.95. The zero-order valence-electron chi connectivity index (χ0n) is 18.5. The lowest BCUT2D eigenvalue weighted by atomic mass is 9.94. The maximum absolute atomic E-state index is 12.1. The molecule has 1 aromatic rings. The summed E-state index contributed by atoms with van der Waals surface area (Å²) in [6.45, 7) is 13.8. The molecule has 158 valence electrons. The predicted molar refractivity (Wildman–Crippen MR) is 114 cm³/mol. The minimum absolute atomic E-state index is 0.104. The first-order valence-corrected chi connectivity index (χ1v) is 10.6. The highest BCUT2D eigenvalue weighted by Crippen LogP contribution is 2.32. The van der Waals surface area contributed by atoms with Gasteiger partial charge < -0.3 is 14.8 Å². The van der Waals surface area contributed by atoms with Gasteiger partial charge in [-0.3, -0.25) is 9.69 Å². The highest BCUT2D eigenvalue weighted by atomic mass is 16.5. The number of amides is 1. The zero-order valence-corrected chi connectivity index (χ0v) is 18.5. The van der Waals surface area contributed by atoms with Gasteiger partial charge in [-0.2, -0.15) is 0 Å². The SMILES string of the molecule is CCC(C)C(=O)NC1CCN(C(C)c2ccc(OCCOC)c(C)c2C)CC1. The summed E-state index contributed by atoms with van der Waals surface area (Å²) in [5.41, 5.74) is 3.87. The lowest BCUT2D eigenvalue weighted by Crippen LogP contribution is -2.46. The van der Waals surface area contributed by atoms with Crippen molar-refractivity contribution in [3.63, 3.8) is 0 Å². The number of benzene rings is 1. The van der Waals surface area contributed by atoms with Crippen LogP contribution < -0.4 is 10.1 Å². The van der Waals surface area contributed by atoms with Crippen molar-refractivity contribution in [1.82, 2.24) is 10.2 Å². The summed E-state index contributed by atoms with van der Waals surface area (Å²) in [6, 6.07) is 4.96. The molecule has 1 aromatic carbocycles. The molecular formula is C23H38N2O3. The van der Waals surface area contributed by atoms with Crippen LogP contribution in [0.4, 0.5) is 0 Å². The van der Waals surface area contributed by atoms with Crippen molar-refractivity contribution in [2.75, 3.05) is 33.4 Å². The van der Waals surface area contributed by atoms with E-state index < -0.39 is 0 Å². The van der Waals surface area contributed by atoms with Crippen LogP contribution >= 0.6 is 0 Å². The van der Waals surface area contributed by atoms with Crippen LogP contribution in [0.1, 0.15) is 62.8 Å². The number of hydrogen-bond donors (Lipinski definition) is 1. The minimum Gasteiger partial charge on any atom is -0.491 e. The standard InChI is InChI=1S/C23H38N2O3/c1-7-16(2)23(26)24-20-10-12-25(13-11-20)19(5)21-8-9-22(18(4)17(21)3)28-15-14-27-6/h8-9,16,19-20H,7,10-15H2,1-6H3,(H,24,26). The fourth-order valence-electron chi connectivity index (χ4n) is 3.82. The molecule has 1 amide bonds. The third-order valence-electron chi connectivity index (χ3n) is 6.26. The van der Waals surface area contributed by atoms with Gasteiger partial charge in [-0.05, 0) is 62.8 Å². The molecule has 1 saturated heterocycles. The van der Waals surface area contributed by atoms with Crippen LogP contribution in [0.2, 0.25) is 0 Å². The van der Waals surface area contributed by atoms with Crippen LogP contribution in [-0.2, 0) is 9.53 Å². The van der Waals surface area contributed by atoms with Crippen molar-refractivity contribution in [2.24, 2.45) is 5.92 Å². The van der Waals surface area contributed by atoms with Gasteiger partial charge in [-0.15, -0.1) is 0 Å². The highest BCUT2D eigenvalue weighted by Gasteiger charge is 2.26. The smallest absolute Gasteiger partial charge is 0.223 e.